The quantitative estimate of drug-likeness (QED) is 0.280. The van der Waals surface area contributed by atoms with E-state index in [1.807, 2.05) is 36.4 Å². The number of alkyl carbamates (subject to hydrolysis) is 1. The van der Waals surface area contributed by atoms with E-state index >= 15 is 0 Å². The minimum atomic E-state index is -0.858. The lowest BCUT2D eigenvalue weighted by Gasteiger charge is -2.27. The summed E-state index contributed by atoms with van der Waals surface area (Å²) in [5, 5.41) is 6.00. The van der Waals surface area contributed by atoms with Gasteiger partial charge < -0.3 is 25.1 Å². The maximum absolute atomic E-state index is 13.3. The first kappa shape index (κ1) is 32.1. The predicted molar refractivity (Wildman–Crippen MR) is 159 cm³/mol. The van der Waals surface area contributed by atoms with E-state index in [0.29, 0.717) is 30.2 Å². The van der Waals surface area contributed by atoms with Crippen LogP contribution in [0.25, 0.3) is 0 Å². The highest BCUT2D eigenvalue weighted by Crippen LogP contribution is 2.28. The van der Waals surface area contributed by atoms with Gasteiger partial charge >= 0.3 is 6.09 Å². The second-order valence-electron chi connectivity index (χ2n) is 10.9. The van der Waals surface area contributed by atoms with E-state index in [-0.39, 0.29) is 18.7 Å². The van der Waals surface area contributed by atoms with Gasteiger partial charge in [-0.15, -0.1) is 0 Å². The third-order valence-electron chi connectivity index (χ3n) is 7.67. The number of amides is 3. The summed E-state index contributed by atoms with van der Waals surface area (Å²) in [6, 6.07) is 15.3. The summed E-state index contributed by atoms with van der Waals surface area (Å²) in [4.78, 5) is 52.3. The van der Waals surface area contributed by atoms with Crippen LogP contribution in [-0.4, -0.2) is 54.8 Å². The first-order valence-corrected chi connectivity index (χ1v) is 14.9. The Kier molecular flexibility index (Phi) is 13.1. The van der Waals surface area contributed by atoms with Gasteiger partial charge in [0.2, 0.25) is 11.8 Å². The summed E-state index contributed by atoms with van der Waals surface area (Å²) >= 11 is 6.06. The highest BCUT2D eigenvalue weighted by Gasteiger charge is 2.29. The van der Waals surface area contributed by atoms with Crippen LogP contribution in [0.5, 0.6) is 0 Å². The molecule has 0 aliphatic heterocycles. The fourth-order valence-electron chi connectivity index (χ4n) is 5.15. The van der Waals surface area contributed by atoms with Crippen molar-refractivity contribution in [3.8, 4) is 0 Å². The highest BCUT2D eigenvalue weighted by molar-refractivity contribution is 6.30. The number of benzene rings is 2. The average Bonchev–Trinajstić information content (AvgIpc) is 2.98. The molecule has 3 atom stereocenters. The Bertz CT molecular complexity index is 1140. The third-order valence-corrected chi connectivity index (χ3v) is 7.90. The molecule has 41 heavy (non-hydrogen) atoms. The highest BCUT2D eigenvalue weighted by atomic mass is 35.5. The van der Waals surface area contributed by atoms with Crippen molar-refractivity contribution in [3.05, 3.63) is 70.7 Å². The molecule has 0 radical (unpaired) electrons. The van der Waals surface area contributed by atoms with Crippen molar-refractivity contribution >= 4 is 35.8 Å². The van der Waals surface area contributed by atoms with Crippen LogP contribution in [0.2, 0.25) is 5.02 Å². The van der Waals surface area contributed by atoms with Crippen LogP contribution in [0.4, 0.5) is 4.79 Å². The number of hydrogen-bond donors (Lipinski definition) is 2. The van der Waals surface area contributed by atoms with Gasteiger partial charge in [-0.2, -0.15) is 0 Å². The molecule has 2 aromatic rings. The van der Waals surface area contributed by atoms with Crippen molar-refractivity contribution in [1.82, 2.24) is 15.5 Å². The monoisotopic (exact) mass is 583 g/mol. The minimum absolute atomic E-state index is 0.0995. The normalized spacial score (nSPS) is 15.7. The van der Waals surface area contributed by atoms with Crippen molar-refractivity contribution in [1.29, 1.82) is 0 Å². The summed E-state index contributed by atoms with van der Waals surface area (Å²) in [5.74, 6) is -0.262. The van der Waals surface area contributed by atoms with Crippen LogP contribution in [0, 0.1) is 5.92 Å². The van der Waals surface area contributed by atoms with Crippen molar-refractivity contribution < 1.29 is 23.9 Å². The summed E-state index contributed by atoms with van der Waals surface area (Å²) in [6.45, 7) is 2.29. The molecule has 3 rings (SSSR count). The van der Waals surface area contributed by atoms with Gasteiger partial charge in [0.05, 0.1) is 6.04 Å². The molecule has 1 aliphatic rings. The van der Waals surface area contributed by atoms with Crippen molar-refractivity contribution in [2.45, 2.75) is 82.9 Å². The van der Waals surface area contributed by atoms with Crippen molar-refractivity contribution in [3.63, 3.8) is 0 Å². The molecule has 0 heterocycles. The number of nitrogens with zero attached hydrogens (tertiary/aromatic N) is 1. The van der Waals surface area contributed by atoms with Gasteiger partial charge in [0.1, 0.15) is 18.4 Å². The molecule has 9 heteroatoms. The molecule has 0 saturated heterocycles. The Morgan fingerprint density at radius 1 is 1.05 bits per heavy atom. The lowest BCUT2D eigenvalue weighted by molar-refractivity contribution is -0.131. The number of carbonyl (C=O) groups is 4. The molecule has 222 valence electrons. The standard InChI is InChI=1S/C32H42ClN3O5/c1-23(26-14-9-15-27(33)21-26)41-32(40)35-29(20-25-12-7-4-8-13-25)31(39)34-28(22-37)16-17-30(38)36(2)19-18-24-10-5-3-6-11-24/h3,5-6,9-11,14-15,21-23,25,28-29H,4,7-8,12-13,16-20H2,1-2H3,(H,34,39)(H,35,40)/t23?,28-,29-/m0/s1. The summed E-state index contributed by atoms with van der Waals surface area (Å²) in [5.41, 5.74) is 1.88. The number of carbonyl (C=O) groups excluding carboxylic acids is 4. The number of likely N-dealkylation sites (N-methyl/N-ethyl adjacent to an activating group) is 1. The van der Waals surface area contributed by atoms with Crippen molar-refractivity contribution in [2.24, 2.45) is 5.92 Å². The molecule has 0 spiro atoms. The van der Waals surface area contributed by atoms with E-state index < -0.39 is 30.2 Å². The number of ether oxygens (including phenoxy) is 1. The Balaban J connectivity index is 1.54. The smallest absolute Gasteiger partial charge is 0.408 e. The summed E-state index contributed by atoms with van der Waals surface area (Å²) < 4.78 is 5.54. The zero-order chi connectivity index (χ0) is 29.6. The van der Waals surface area contributed by atoms with E-state index in [9.17, 15) is 19.2 Å². The molecule has 1 aliphatic carbocycles. The lowest BCUT2D eigenvalue weighted by Crippen LogP contribution is -2.51. The molecule has 1 unspecified atom stereocenters. The zero-order valence-corrected chi connectivity index (χ0v) is 24.8. The van der Waals surface area contributed by atoms with Crippen LogP contribution in [-0.2, 0) is 25.5 Å². The molecule has 3 amide bonds. The number of rotatable bonds is 14. The molecule has 1 fully saturated rings. The first-order valence-electron chi connectivity index (χ1n) is 14.5. The molecule has 0 bridgehead atoms. The van der Waals surface area contributed by atoms with Gasteiger partial charge in [0, 0.05) is 25.0 Å². The molecule has 1 saturated carbocycles. The van der Waals surface area contributed by atoms with Gasteiger partial charge in [-0.3, -0.25) is 9.59 Å². The Morgan fingerprint density at radius 3 is 2.46 bits per heavy atom. The Hall–Kier alpha value is -3.39. The van der Waals surface area contributed by atoms with Gasteiger partial charge in [-0.25, -0.2) is 4.79 Å². The molecule has 0 aromatic heterocycles. The van der Waals surface area contributed by atoms with E-state index in [1.54, 1.807) is 37.1 Å². The largest absolute Gasteiger partial charge is 0.442 e. The van der Waals surface area contributed by atoms with Gasteiger partial charge in [0.15, 0.2) is 0 Å². The number of aldehydes is 1. The second-order valence-corrected chi connectivity index (χ2v) is 11.3. The third kappa shape index (κ3) is 11.2. The fraction of sp³-hybridized carbons (Fsp3) is 0.500. The van der Waals surface area contributed by atoms with E-state index in [2.05, 4.69) is 10.6 Å². The number of nitrogens with one attached hydrogen (secondary N) is 2. The Morgan fingerprint density at radius 2 is 1.78 bits per heavy atom. The van der Waals surface area contributed by atoms with E-state index in [4.69, 9.17) is 16.3 Å². The first-order chi connectivity index (χ1) is 19.7. The lowest BCUT2D eigenvalue weighted by atomic mass is 9.84. The van der Waals surface area contributed by atoms with Crippen LogP contribution < -0.4 is 10.6 Å². The topological polar surface area (TPSA) is 105 Å². The molecule has 2 aromatic carbocycles. The van der Waals surface area contributed by atoms with Gasteiger partial charge in [-0.05, 0) is 55.4 Å². The molecule has 2 N–H and O–H groups in total. The van der Waals surface area contributed by atoms with Crippen LogP contribution in [0.1, 0.15) is 75.5 Å². The van der Waals surface area contributed by atoms with Gasteiger partial charge in [0.25, 0.3) is 0 Å². The fourth-order valence-corrected chi connectivity index (χ4v) is 5.34. The number of halogens is 1. The van der Waals surface area contributed by atoms with E-state index in [1.165, 1.54) is 6.42 Å². The SMILES string of the molecule is CC(OC(=O)N[C@@H](CC1CCCCC1)C(=O)N[C@H](C=O)CCC(=O)N(C)CCc1ccccc1)c1cccc(Cl)c1. The second kappa shape index (κ2) is 16.8. The van der Waals surface area contributed by atoms with Crippen molar-refractivity contribution in [2.75, 3.05) is 13.6 Å². The minimum Gasteiger partial charge on any atom is -0.442 e. The van der Waals surface area contributed by atoms with Crippen LogP contribution in [0.3, 0.4) is 0 Å². The molecular weight excluding hydrogens is 542 g/mol. The summed E-state index contributed by atoms with van der Waals surface area (Å²) in [6.07, 6.45) is 6.17. The average molecular weight is 584 g/mol. The number of hydrogen-bond acceptors (Lipinski definition) is 5. The van der Waals surface area contributed by atoms with E-state index in [0.717, 1.165) is 43.2 Å². The van der Waals surface area contributed by atoms with Gasteiger partial charge in [-0.1, -0.05) is 86.2 Å². The Labute approximate surface area is 248 Å². The molecular formula is C32H42ClN3O5. The maximum Gasteiger partial charge on any atom is 0.408 e. The van der Waals surface area contributed by atoms with Crippen LogP contribution in [0.15, 0.2) is 54.6 Å². The summed E-state index contributed by atoms with van der Waals surface area (Å²) in [7, 11) is 1.74. The predicted octanol–water partition coefficient (Wildman–Crippen LogP) is 5.63. The molecule has 8 nitrogen and oxygen atoms in total. The van der Waals surface area contributed by atoms with Crippen LogP contribution >= 0.6 is 11.6 Å². The zero-order valence-electron chi connectivity index (χ0n) is 24.0. The maximum atomic E-state index is 13.3.